The van der Waals surface area contributed by atoms with E-state index in [1.807, 2.05) is 11.4 Å². The third-order valence-corrected chi connectivity index (χ3v) is 3.87. The summed E-state index contributed by atoms with van der Waals surface area (Å²) < 4.78 is 0. The fraction of sp³-hybridized carbons (Fsp3) is 0.143. The van der Waals surface area contributed by atoms with Crippen molar-refractivity contribution < 1.29 is 14.7 Å². The number of hydrogen-bond acceptors (Lipinski definition) is 3. The van der Waals surface area contributed by atoms with Gasteiger partial charge < -0.3 is 15.0 Å². The molecule has 5 nitrogen and oxygen atoms in total. The molecule has 7 heteroatoms. The molecule has 0 spiro atoms. The zero-order chi connectivity index (χ0) is 15.4. The van der Waals surface area contributed by atoms with Crippen LogP contribution in [0.3, 0.4) is 0 Å². The maximum atomic E-state index is 12.1. The van der Waals surface area contributed by atoms with Crippen LogP contribution in [0.15, 0.2) is 29.8 Å². The van der Waals surface area contributed by atoms with E-state index in [1.165, 1.54) is 17.4 Å². The number of nitrogens with zero attached hydrogens (tertiary/aromatic N) is 1. The normalized spacial score (nSPS) is 11.0. The first-order chi connectivity index (χ1) is 9.95. The fourth-order valence-electron chi connectivity index (χ4n) is 1.74. The molecular formula is C14H13ClN2O3S. The Morgan fingerprint density at radius 3 is 2.86 bits per heavy atom. The van der Waals surface area contributed by atoms with Crippen LogP contribution in [-0.2, 0) is 11.3 Å². The average molecular weight is 325 g/mol. The highest BCUT2D eigenvalue weighted by Gasteiger charge is 2.14. The second kappa shape index (κ2) is 6.60. The number of nitrogens with one attached hydrogen (secondary N) is 1. The summed E-state index contributed by atoms with van der Waals surface area (Å²) in [5.74, 6) is -1.14. The molecule has 2 heterocycles. The van der Waals surface area contributed by atoms with Gasteiger partial charge in [0.1, 0.15) is 5.69 Å². The molecule has 1 amide bonds. The number of carbonyl (C=O) groups is 2. The van der Waals surface area contributed by atoms with Crippen LogP contribution in [0.25, 0.3) is 6.08 Å². The van der Waals surface area contributed by atoms with E-state index in [0.717, 1.165) is 16.5 Å². The highest BCUT2D eigenvalue weighted by atomic mass is 35.5. The number of amides is 1. The molecule has 0 saturated carbocycles. The molecule has 0 aliphatic rings. The molecule has 0 aliphatic carbocycles. The van der Waals surface area contributed by atoms with E-state index in [2.05, 4.69) is 4.98 Å². The van der Waals surface area contributed by atoms with Crippen molar-refractivity contribution in [2.75, 3.05) is 7.05 Å². The molecule has 21 heavy (non-hydrogen) atoms. The van der Waals surface area contributed by atoms with Gasteiger partial charge in [-0.2, -0.15) is 0 Å². The van der Waals surface area contributed by atoms with Gasteiger partial charge in [-0.3, -0.25) is 4.79 Å². The summed E-state index contributed by atoms with van der Waals surface area (Å²) in [5.41, 5.74) is 1.24. The molecule has 2 N–H and O–H groups in total. The van der Waals surface area contributed by atoms with E-state index >= 15 is 0 Å². The first-order valence-electron chi connectivity index (χ1n) is 6.03. The highest BCUT2D eigenvalue weighted by Crippen LogP contribution is 2.19. The summed E-state index contributed by atoms with van der Waals surface area (Å²) >= 11 is 7.25. The van der Waals surface area contributed by atoms with Crippen molar-refractivity contribution in [2.24, 2.45) is 0 Å². The Morgan fingerprint density at radius 1 is 1.48 bits per heavy atom. The number of carbonyl (C=O) groups excluding carboxylic acids is 1. The molecular weight excluding hydrogens is 312 g/mol. The summed E-state index contributed by atoms with van der Waals surface area (Å²) in [4.78, 5) is 27.9. The van der Waals surface area contributed by atoms with Crippen LogP contribution < -0.4 is 0 Å². The van der Waals surface area contributed by atoms with Crippen molar-refractivity contribution in [3.63, 3.8) is 0 Å². The van der Waals surface area contributed by atoms with Crippen LogP contribution in [0, 0.1) is 0 Å². The Morgan fingerprint density at radius 2 is 2.24 bits per heavy atom. The average Bonchev–Trinajstić information content (AvgIpc) is 3.04. The van der Waals surface area contributed by atoms with Gasteiger partial charge in [-0.05, 0) is 29.2 Å². The second-order valence-electron chi connectivity index (χ2n) is 4.41. The lowest BCUT2D eigenvalue weighted by atomic mass is 10.2. The van der Waals surface area contributed by atoms with Gasteiger partial charge >= 0.3 is 5.97 Å². The summed E-state index contributed by atoms with van der Waals surface area (Å²) in [6.07, 6.45) is 4.17. The predicted octanol–water partition coefficient (Wildman–Crippen LogP) is 3.10. The third-order valence-electron chi connectivity index (χ3n) is 2.71. The van der Waals surface area contributed by atoms with Gasteiger partial charge in [0, 0.05) is 24.2 Å². The minimum Gasteiger partial charge on any atom is -0.478 e. The Kier molecular flexibility index (Phi) is 4.82. The van der Waals surface area contributed by atoms with Crippen LogP contribution in [0.2, 0.25) is 5.02 Å². The van der Waals surface area contributed by atoms with Gasteiger partial charge in [0.05, 0.1) is 11.6 Å². The second-order valence-corrected chi connectivity index (χ2v) is 5.84. The van der Waals surface area contributed by atoms with Gasteiger partial charge in [-0.1, -0.05) is 11.6 Å². The van der Waals surface area contributed by atoms with E-state index in [1.54, 1.807) is 24.2 Å². The largest absolute Gasteiger partial charge is 0.478 e. The van der Waals surface area contributed by atoms with Crippen molar-refractivity contribution >= 4 is 40.9 Å². The van der Waals surface area contributed by atoms with Crippen LogP contribution in [-0.4, -0.2) is 33.9 Å². The van der Waals surface area contributed by atoms with Crippen molar-refractivity contribution in [3.05, 3.63) is 50.9 Å². The molecule has 0 bridgehead atoms. The number of aromatic amines is 1. The maximum absolute atomic E-state index is 12.1. The molecule has 0 fully saturated rings. The van der Waals surface area contributed by atoms with E-state index < -0.39 is 5.97 Å². The van der Waals surface area contributed by atoms with Crippen LogP contribution in [0.1, 0.15) is 20.9 Å². The van der Waals surface area contributed by atoms with Gasteiger partial charge in [0.2, 0.25) is 0 Å². The van der Waals surface area contributed by atoms with Crippen LogP contribution in [0.4, 0.5) is 0 Å². The van der Waals surface area contributed by atoms with Crippen molar-refractivity contribution in [1.82, 2.24) is 9.88 Å². The van der Waals surface area contributed by atoms with Crippen molar-refractivity contribution in [2.45, 2.75) is 6.54 Å². The lowest BCUT2D eigenvalue weighted by Gasteiger charge is -2.14. The van der Waals surface area contributed by atoms with Gasteiger partial charge in [0.25, 0.3) is 5.91 Å². The Balaban J connectivity index is 2.01. The first-order valence-corrected chi connectivity index (χ1v) is 7.29. The minimum atomic E-state index is -0.987. The SMILES string of the molecule is CN(Cc1cc(C=CC(=O)O)cs1)C(=O)c1cc(Cl)c[nH]1. The van der Waals surface area contributed by atoms with Gasteiger partial charge in [-0.15, -0.1) is 11.3 Å². The number of carboxylic acids is 1. The zero-order valence-corrected chi connectivity index (χ0v) is 12.7. The first kappa shape index (κ1) is 15.3. The molecule has 0 saturated heterocycles. The molecule has 2 aromatic rings. The van der Waals surface area contributed by atoms with E-state index in [4.69, 9.17) is 16.7 Å². The third kappa shape index (κ3) is 4.21. The number of aliphatic carboxylic acids is 1. The van der Waals surface area contributed by atoms with Crippen LogP contribution in [0.5, 0.6) is 0 Å². The van der Waals surface area contributed by atoms with Crippen molar-refractivity contribution in [3.8, 4) is 0 Å². The van der Waals surface area contributed by atoms with Gasteiger partial charge in [-0.25, -0.2) is 4.79 Å². The number of rotatable bonds is 5. The monoisotopic (exact) mass is 324 g/mol. The number of carboxylic acid groups (broad SMARTS) is 1. The van der Waals surface area contributed by atoms with Crippen LogP contribution >= 0.6 is 22.9 Å². The maximum Gasteiger partial charge on any atom is 0.328 e. The quantitative estimate of drug-likeness (QED) is 0.830. The fourth-order valence-corrected chi connectivity index (χ4v) is 2.81. The summed E-state index contributed by atoms with van der Waals surface area (Å²) in [6, 6.07) is 3.44. The smallest absolute Gasteiger partial charge is 0.328 e. The Hall–Kier alpha value is -2.05. The van der Waals surface area contributed by atoms with E-state index in [-0.39, 0.29) is 5.91 Å². The highest BCUT2D eigenvalue weighted by molar-refractivity contribution is 7.10. The Labute approximate surface area is 130 Å². The summed E-state index contributed by atoms with van der Waals surface area (Å²) in [7, 11) is 1.70. The Bertz CT molecular complexity index is 690. The summed E-state index contributed by atoms with van der Waals surface area (Å²) in [6.45, 7) is 0.445. The molecule has 2 rings (SSSR count). The molecule has 0 unspecified atom stereocenters. The summed E-state index contributed by atoms with van der Waals surface area (Å²) in [5, 5.41) is 10.9. The molecule has 0 atom stereocenters. The molecule has 0 aromatic carbocycles. The number of thiophene rings is 1. The molecule has 0 aliphatic heterocycles. The standard InChI is InChI=1S/C14H13ClN2O3S/c1-17(14(20)12-5-10(15)6-16-12)7-11-4-9(8-21-11)2-3-13(18)19/h2-6,8,16H,7H2,1H3,(H,18,19). The topological polar surface area (TPSA) is 73.4 Å². The molecule has 2 aromatic heterocycles. The van der Waals surface area contributed by atoms with E-state index in [0.29, 0.717) is 17.3 Å². The predicted molar refractivity (Wildman–Crippen MR) is 82.6 cm³/mol. The van der Waals surface area contributed by atoms with E-state index in [9.17, 15) is 9.59 Å². The van der Waals surface area contributed by atoms with Crippen molar-refractivity contribution in [1.29, 1.82) is 0 Å². The van der Waals surface area contributed by atoms with Gasteiger partial charge in [0.15, 0.2) is 0 Å². The number of H-pyrrole nitrogens is 1. The lowest BCUT2D eigenvalue weighted by Crippen LogP contribution is -2.26. The molecule has 0 radical (unpaired) electrons. The number of hydrogen-bond donors (Lipinski definition) is 2. The zero-order valence-electron chi connectivity index (χ0n) is 11.2. The number of aromatic nitrogens is 1. The number of halogens is 1. The molecule has 110 valence electrons. The lowest BCUT2D eigenvalue weighted by molar-refractivity contribution is -0.131. The minimum absolute atomic E-state index is 0.155.